The van der Waals surface area contributed by atoms with Gasteiger partial charge in [0.1, 0.15) is 15.9 Å². The van der Waals surface area contributed by atoms with Crippen LogP contribution in [-0.2, 0) is 10.0 Å². The van der Waals surface area contributed by atoms with Crippen LogP contribution in [-0.4, -0.2) is 28.0 Å². The zero-order valence-corrected chi connectivity index (χ0v) is 13.2. The van der Waals surface area contributed by atoms with Gasteiger partial charge in [0.25, 0.3) is 0 Å². The molecular formula is C15H13N3O2S2. The highest BCUT2D eigenvalue weighted by molar-refractivity contribution is 7.89. The molecule has 5 nitrogen and oxygen atoms in total. The SMILES string of the molecule is O=S(=O)(c1cccc2nsnc12)N1CC[C@@H]1c1ccccc1. The summed E-state index contributed by atoms with van der Waals surface area (Å²) < 4.78 is 35.8. The molecule has 1 aliphatic rings. The fourth-order valence-corrected chi connectivity index (χ4v) is 5.19. The minimum absolute atomic E-state index is 0.0898. The molecule has 0 spiro atoms. The molecule has 2 aromatic carbocycles. The fourth-order valence-electron chi connectivity index (χ4n) is 2.78. The molecule has 0 amide bonds. The topological polar surface area (TPSA) is 63.2 Å². The van der Waals surface area contributed by atoms with Gasteiger partial charge in [0.15, 0.2) is 0 Å². The Bertz CT molecular complexity index is 922. The lowest BCUT2D eigenvalue weighted by atomic mass is 9.98. The smallest absolute Gasteiger partial charge is 0.207 e. The monoisotopic (exact) mass is 331 g/mol. The molecule has 0 unspecified atom stereocenters. The highest BCUT2D eigenvalue weighted by atomic mass is 32.2. The van der Waals surface area contributed by atoms with Gasteiger partial charge in [-0.3, -0.25) is 0 Å². The molecule has 0 radical (unpaired) electrons. The van der Waals surface area contributed by atoms with Crippen LogP contribution < -0.4 is 0 Å². The Balaban J connectivity index is 1.77. The van der Waals surface area contributed by atoms with E-state index < -0.39 is 10.0 Å². The highest BCUT2D eigenvalue weighted by Crippen LogP contribution is 2.39. The van der Waals surface area contributed by atoms with Gasteiger partial charge in [-0.1, -0.05) is 36.4 Å². The third-order valence-corrected chi connectivity index (χ3v) is 6.47. The second kappa shape index (κ2) is 5.12. The Morgan fingerprint density at radius 3 is 2.59 bits per heavy atom. The number of hydrogen-bond donors (Lipinski definition) is 0. The van der Waals surface area contributed by atoms with Gasteiger partial charge in [-0.15, -0.1) is 0 Å². The van der Waals surface area contributed by atoms with Gasteiger partial charge in [0, 0.05) is 6.54 Å². The van der Waals surface area contributed by atoms with Crippen molar-refractivity contribution in [3.63, 3.8) is 0 Å². The lowest BCUT2D eigenvalue weighted by molar-refractivity contribution is 0.202. The summed E-state index contributed by atoms with van der Waals surface area (Å²) in [6, 6.07) is 14.8. The number of hydrogen-bond acceptors (Lipinski definition) is 5. The van der Waals surface area contributed by atoms with E-state index in [-0.39, 0.29) is 10.9 Å². The molecule has 4 rings (SSSR count). The van der Waals surface area contributed by atoms with E-state index in [1.807, 2.05) is 30.3 Å². The van der Waals surface area contributed by atoms with Crippen molar-refractivity contribution in [1.29, 1.82) is 0 Å². The number of nitrogens with zero attached hydrogens (tertiary/aromatic N) is 3. The molecule has 7 heteroatoms. The molecule has 0 saturated carbocycles. The summed E-state index contributed by atoms with van der Waals surface area (Å²) in [6.07, 6.45) is 0.842. The van der Waals surface area contributed by atoms with E-state index in [0.29, 0.717) is 17.6 Å². The van der Waals surface area contributed by atoms with Crippen molar-refractivity contribution in [3.05, 3.63) is 54.1 Å². The third kappa shape index (κ3) is 2.05. The molecule has 0 N–H and O–H groups in total. The molecule has 1 aliphatic heterocycles. The van der Waals surface area contributed by atoms with Crippen molar-refractivity contribution in [2.75, 3.05) is 6.54 Å². The van der Waals surface area contributed by atoms with Gasteiger partial charge in [0.2, 0.25) is 10.0 Å². The largest absolute Gasteiger partial charge is 0.245 e. The lowest BCUT2D eigenvalue weighted by Crippen LogP contribution is -2.45. The summed E-state index contributed by atoms with van der Waals surface area (Å²) >= 11 is 1.03. The van der Waals surface area contributed by atoms with Gasteiger partial charge >= 0.3 is 0 Å². The van der Waals surface area contributed by atoms with Gasteiger partial charge in [-0.25, -0.2) is 8.42 Å². The second-order valence-electron chi connectivity index (χ2n) is 5.22. The fraction of sp³-hybridized carbons (Fsp3) is 0.200. The molecule has 1 fully saturated rings. The average molecular weight is 331 g/mol. The summed E-state index contributed by atoms with van der Waals surface area (Å²) in [5, 5.41) is 0. The average Bonchev–Trinajstić information content (AvgIpc) is 2.94. The Morgan fingerprint density at radius 1 is 1.05 bits per heavy atom. The normalized spacial score (nSPS) is 19.2. The lowest BCUT2D eigenvalue weighted by Gasteiger charge is -2.39. The minimum Gasteiger partial charge on any atom is -0.207 e. The van der Waals surface area contributed by atoms with E-state index in [9.17, 15) is 8.42 Å². The molecule has 3 aromatic rings. The van der Waals surface area contributed by atoms with Crippen molar-refractivity contribution in [2.45, 2.75) is 17.4 Å². The summed E-state index contributed by atoms with van der Waals surface area (Å²) in [5.74, 6) is 0. The van der Waals surface area contributed by atoms with E-state index in [2.05, 4.69) is 8.75 Å². The Morgan fingerprint density at radius 2 is 1.86 bits per heavy atom. The van der Waals surface area contributed by atoms with Crippen molar-refractivity contribution < 1.29 is 8.42 Å². The van der Waals surface area contributed by atoms with Crippen molar-refractivity contribution >= 4 is 32.8 Å². The third-order valence-electron chi connectivity index (χ3n) is 3.99. The first kappa shape index (κ1) is 13.8. The molecule has 0 aliphatic carbocycles. The van der Waals surface area contributed by atoms with Crippen LogP contribution in [0.2, 0.25) is 0 Å². The summed E-state index contributed by atoms with van der Waals surface area (Å²) in [6.45, 7) is 0.538. The number of aromatic nitrogens is 2. The summed E-state index contributed by atoms with van der Waals surface area (Å²) in [5.41, 5.74) is 2.12. The Hall–Kier alpha value is -1.83. The summed E-state index contributed by atoms with van der Waals surface area (Å²) in [4.78, 5) is 0.249. The van der Waals surface area contributed by atoms with Gasteiger partial charge < -0.3 is 0 Å². The molecule has 22 heavy (non-hydrogen) atoms. The van der Waals surface area contributed by atoms with Crippen LogP contribution >= 0.6 is 11.7 Å². The van der Waals surface area contributed by atoms with Gasteiger partial charge in [0.05, 0.1) is 17.8 Å². The predicted octanol–water partition coefficient (Wildman–Crippen LogP) is 2.83. The maximum atomic E-state index is 13.0. The first-order valence-corrected chi connectivity index (χ1v) is 9.13. The zero-order valence-electron chi connectivity index (χ0n) is 11.6. The van der Waals surface area contributed by atoms with E-state index in [0.717, 1.165) is 23.7 Å². The molecule has 1 saturated heterocycles. The molecule has 0 bridgehead atoms. The van der Waals surface area contributed by atoms with E-state index >= 15 is 0 Å². The number of benzene rings is 2. The first-order chi connectivity index (χ1) is 10.7. The van der Waals surface area contributed by atoms with Gasteiger partial charge in [-0.2, -0.15) is 13.1 Å². The number of rotatable bonds is 3. The summed E-state index contributed by atoms with van der Waals surface area (Å²) in [7, 11) is -3.56. The molecule has 112 valence electrons. The Labute approximate surface area is 132 Å². The predicted molar refractivity (Wildman–Crippen MR) is 85.1 cm³/mol. The highest BCUT2D eigenvalue weighted by Gasteiger charge is 2.40. The maximum Gasteiger partial charge on any atom is 0.245 e. The van der Waals surface area contributed by atoms with Crippen LogP contribution in [0.1, 0.15) is 18.0 Å². The molecule has 2 heterocycles. The first-order valence-electron chi connectivity index (χ1n) is 6.96. The standard InChI is InChI=1S/C15H13N3O2S2/c19-22(20,14-8-4-7-12-15(14)17-21-16-12)18-10-9-13(18)11-5-2-1-3-6-11/h1-8,13H,9-10H2/t13-/m1/s1. The minimum atomic E-state index is -3.56. The number of fused-ring (bicyclic) bond motifs is 1. The van der Waals surface area contributed by atoms with E-state index in [1.165, 1.54) is 0 Å². The van der Waals surface area contributed by atoms with Crippen LogP contribution in [0.4, 0.5) is 0 Å². The van der Waals surface area contributed by atoms with Gasteiger partial charge in [-0.05, 0) is 24.1 Å². The molecule has 1 aromatic heterocycles. The van der Waals surface area contributed by atoms with E-state index in [4.69, 9.17) is 0 Å². The van der Waals surface area contributed by atoms with Crippen molar-refractivity contribution in [2.24, 2.45) is 0 Å². The van der Waals surface area contributed by atoms with E-state index in [1.54, 1.807) is 22.5 Å². The van der Waals surface area contributed by atoms with Crippen LogP contribution in [0.15, 0.2) is 53.4 Å². The molecular weight excluding hydrogens is 318 g/mol. The van der Waals surface area contributed by atoms with Crippen LogP contribution in [0.25, 0.3) is 11.0 Å². The maximum absolute atomic E-state index is 13.0. The Kier molecular flexibility index (Phi) is 3.21. The van der Waals surface area contributed by atoms with Crippen LogP contribution in [0.3, 0.4) is 0 Å². The number of sulfonamides is 1. The van der Waals surface area contributed by atoms with Crippen LogP contribution in [0, 0.1) is 0 Å². The van der Waals surface area contributed by atoms with Crippen LogP contribution in [0.5, 0.6) is 0 Å². The van der Waals surface area contributed by atoms with Crippen molar-refractivity contribution in [3.8, 4) is 0 Å². The second-order valence-corrected chi connectivity index (χ2v) is 7.61. The molecule has 1 atom stereocenters. The zero-order chi connectivity index (χ0) is 15.2. The quantitative estimate of drug-likeness (QED) is 0.740. The van der Waals surface area contributed by atoms with Crippen molar-refractivity contribution in [1.82, 2.24) is 13.1 Å².